The van der Waals surface area contributed by atoms with Crippen LogP contribution in [0.1, 0.15) is 41.5 Å². The summed E-state index contributed by atoms with van der Waals surface area (Å²) in [5.74, 6) is 0.257. The van der Waals surface area contributed by atoms with Crippen molar-refractivity contribution >= 4 is 17.5 Å². The molecule has 1 aromatic carbocycles. The number of amides is 1. The van der Waals surface area contributed by atoms with Gasteiger partial charge < -0.3 is 14.2 Å². The average Bonchev–Trinajstić information content (AvgIpc) is 3.17. The molecule has 0 aliphatic carbocycles. The quantitative estimate of drug-likeness (QED) is 0.650. The number of pyridine rings is 1. The van der Waals surface area contributed by atoms with Crippen molar-refractivity contribution in [3.8, 4) is 5.88 Å². The maximum Gasteiger partial charge on any atom is 0.256 e. The number of carbonyl (C=O) groups excluding carboxylic acids is 1. The number of fused-ring (bicyclic) bond motifs is 1. The predicted molar refractivity (Wildman–Crippen MR) is 109 cm³/mol. The molecule has 0 saturated carbocycles. The number of halogens is 1. The van der Waals surface area contributed by atoms with Gasteiger partial charge in [-0.05, 0) is 37.6 Å². The molecular weight excluding hydrogens is 374 g/mol. The Hall–Kier alpha value is -2.79. The SMILES string of the molecule is CC(C)Oc1ncc(C(=O)N2CCn3cccc3C2c2ccccc2)cc1Cl. The fourth-order valence-electron chi connectivity index (χ4n) is 3.61. The summed E-state index contributed by atoms with van der Waals surface area (Å²) in [5, 5.41) is 0.344. The molecule has 4 rings (SSSR count). The molecule has 1 amide bonds. The molecule has 1 unspecified atom stereocenters. The minimum atomic E-state index is -0.150. The Labute approximate surface area is 169 Å². The van der Waals surface area contributed by atoms with Gasteiger partial charge in [0.2, 0.25) is 5.88 Å². The number of hydrogen-bond donors (Lipinski definition) is 0. The van der Waals surface area contributed by atoms with Crippen LogP contribution < -0.4 is 4.74 Å². The Balaban J connectivity index is 1.69. The number of aromatic nitrogens is 2. The van der Waals surface area contributed by atoms with Crippen molar-refractivity contribution in [1.29, 1.82) is 0 Å². The number of carbonyl (C=O) groups is 1. The lowest BCUT2D eigenvalue weighted by Crippen LogP contribution is -2.42. The zero-order valence-electron chi connectivity index (χ0n) is 15.9. The van der Waals surface area contributed by atoms with Gasteiger partial charge in [-0.25, -0.2) is 4.98 Å². The highest BCUT2D eigenvalue weighted by atomic mass is 35.5. The summed E-state index contributed by atoms with van der Waals surface area (Å²) >= 11 is 6.31. The van der Waals surface area contributed by atoms with Crippen molar-refractivity contribution in [3.63, 3.8) is 0 Å². The Morgan fingerprint density at radius 3 is 2.68 bits per heavy atom. The third kappa shape index (κ3) is 3.50. The van der Waals surface area contributed by atoms with Crippen molar-refractivity contribution < 1.29 is 9.53 Å². The summed E-state index contributed by atoms with van der Waals surface area (Å²) in [6.45, 7) is 5.18. The van der Waals surface area contributed by atoms with E-state index in [9.17, 15) is 4.79 Å². The van der Waals surface area contributed by atoms with Crippen molar-refractivity contribution in [3.05, 3.63) is 82.8 Å². The molecule has 1 aliphatic rings. The first-order valence-corrected chi connectivity index (χ1v) is 9.75. The molecule has 0 fully saturated rings. The lowest BCUT2D eigenvalue weighted by atomic mass is 9.99. The third-order valence-corrected chi connectivity index (χ3v) is 5.09. The van der Waals surface area contributed by atoms with Crippen molar-refractivity contribution in [2.45, 2.75) is 32.5 Å². The minimum Gasteiger partial charge on any atom is -0.474 e. The van der Waals surface area contributed by atoms with Gasteiger partial charge in [0.15, 0.2) is 0 Å². The van der Waals surface area contributed by atoms with Gasteiger partial charge in [-0.2, -0.15) is 0 Å². The molecule has 3 heterocycles. The van der Waals surface area contributed by atoms with Crippen LogP contribution in [0, 0.1) is 0 Å². The number of benzene rings is 1. The lowest BCUT2D eigenvalue weighted by molar-refractivity contribution is 0.0663. The zero-order valence-corrected chi connectivity index (χ0v) is 16.6. The Morgan fingerprint density at radius 1 is 1.18 bits per heavy atom. The molecule has 144 valence electrons. The molecule has 28 heavy (non-hydrogen) atoms. The first-order chi connectivity index (χ1) is 13.5. The average molecular weight is 396 g/mol. The van der Waals surface area contributed by atoms with Crippen LogP contribution in [0.2, 0.25) is 5.02 Å². The molecule has 0 spiro atoms. The second kappa shape index (κ2) is 7.68. The van der Waals surface area contributed by atoms with Gasteiger partial charge in [0.1, 0.15) is 5.02 Å². The first kappa shape index (κ1) is 18.6. The van der Waals surface area contributed by atoms with Gasteiger partial charge >= 0.3 is 0 Å². The second-order valence-electron chi connectivity index (χ2n) is 7.12. The second-order valence-corrected chi connectivity index (χ2v) is 7.52. The molecule has 6 heteroatoms. The molecule has 3 aromatic rings. The van der Waals surface area contributed by atoms with Crippen LogP contribution in [-0.4, -0.2) is 33.0 Å². The molecule has 0 radical (unpaired) electrons. The highest BCUT2D eigenvalue weighted by molar-refractivity contribution is 6.32. The first-order valence-electron chi connectivity index (χ1n) is 9.37. The summed E-state index contributed by atoms with van der Waals surface area (Å²) in [5.41, 5.74) is 2.64. The topological polar surface area (TPSA) is 47.4 Å². The van der Waals surface area contributed by atoms with E-state index in [1.807, 2.05) is 43.0 Å². The predicted octanol–water partition coefficient (Wildman–Crippen LogP) is 4.57. The largest absolute Gasteiger partial charge is 0.474 e. The summed E-state index contributed by atoms with van der Waals surface area (Å²) in [4.78, 5) is 19.5. The summed E-state index contributed by atoms with van der Waals surface area (Å²) in [7, 11) is 0. The maximum absolute atomic E-state index is 13.4. The van der Waals surface area contributed by atoms with Gasteiger partial charge in [-0.3, -0.25) is 4.79 Å². The van der Waals surface area contributed by atoms with E-state index in [4.69, 9.17) is 16.3 Å². The lowest BCUT2D eigenvalue weighted by Gasteiger charge is -2.37. The molecule has 0 N–H and O–H groups in total. The highest BCUT2D eigenvalue weighted by Crippen LogP contribution is 2.34. The Morgan fingerprint density at radius 2 is 1.96 bits per heavy atom. The van der Waals surface area contributed by atoms with Crippen molar-refractivity contribution in [2.24, 2.45) is 0 Å². The summed E-state index contributed by atoms with van der Waals surface area (Å²) in [6.07, 6.45) is 3.56. The molecule has 1 aliphatic heterocycles. The van der Waals surface area contributed by atoms with E-state index in [0.717, 1.165) is 17.8 Å². The fraction of sp³-hybridized carbons (Fsp3) is 0.273. The Kier molecular flexibility index (Phi) is 5.09. The van der Waals surface area contributed by atoms with E-state index < -0.39 is 0 Å². The fourth-order valence-corrected chi connectivity index (χ4v) is 3.82. The Bertz CT molecular complexity index is 984. The van der Waals surface area contributed by atoms with E-state index in [0.29, 0.717) is 23.0 Å². The molecular formula is C22H22ClN3O2. The van der Waals surface area contributed by atoms with E-state index in [1.54, 1.807) is 12.3 Å². The van der Waals surface area contributed by atoms with Gasteiger partial charge in [0.25, 0.3) is 5.91 Å². The highest BCUT2D eigenvalue weighted by Gasteiger charge is 2.33. The van der Waals surface area contributed by atoms with Gasteiger partial charge in [-0.15, -0.1) is 0 Å². The van der Waals surface area contributed by atoms with Crippen molar-refractivity contribution in [1.82, 2.24) is 14.5 Å². The number of nitrogens with zero attached hydrogens (tertiary/aromatic N) is 3. The van der Waals surface area contributed by atoms with Crippen LogP contribution in [0.3, 0.4) is 0 Å². The van der Waals surface area contributed by atoms with Crippen LogP contribution >= 0.6 is 11.6 Å². The monoisotopic (exact) mass is 395 g/mol. The molecule has 2 aromatic heterocycles. The summed E-state index contributed by atoms with van der Waals surface area (Å²) in [6, 6.07) is 15.7. The number of rotatable bonds is 4. The number of ether oxygens (including phenoxy) is 1. The maximum atomic E-state index is 13.4. The normalized spacial score (nSPS) is 16.1. The smallest absolute Gasteiger partial charge is 0.256 e. The molecule has 5 nitrogen and oxygen atoms in total. The molecule has 0 saturated heterocycles. The summed E-state index contributed by atoms with van der Waals surface area (Å²) < 4.78 is 7.78. The van der Waals surface area contributed by atoms with E-state index >= 15 is 0 Å². The van der Waals surface area contributed by atoms with Gasteiger partial charge in [0, 0.05) is 31.2 Å². The van der Waals surface area contributed by atoms with Crippen LogP contribution in [0.15, 0.2) is 60.9 Å². The zero-order chi connectivity index (χ0) is 19.7. The third-order valence-electron chi connectivity index (χ3n) is 4.82. The minimum absolute atomic E-state index is 0.0381. The van der Waals surface area contributed by atoms with Crippen LogP contribution in [0.5, 0.6) is 5.88 Å². The van der Waals surface area contributed by atoms with Crippen LogP contribution in [0.4, 0.5) is 0 Å². The van der Waals surface area contributed by atoms with Gasteiger partial charge in [0.05, 0.1) is 17.7 Å². The standard InChI is InChI=1S/C22H22ClN3O2/c1-15(2)28-21-18(23)13-17(14-24-21)22(27)26-12-11-25-10-6-9-19(25)20(26)16-7-4-3-5-8-16/h3-10,13-15,20H,11-12H2,1-2H3. The van der Waals surface area contributed by atoms with Crippen LogP contribution in [-0.2, 0) is 6.54 Å². The van der Waals surface area contributed by atoms with E-state index in [1.165, 1.54) is 0 Å². The van der Waals surface area contributed by atoms with E-state index in [-0.39, 0.29) is 18.1 Å². The number of hydrogen-bond acceptors (Lipinski definition) is 3. The van der Waals surface area contributed by atoms with E-state index in [2.05, 4.69) is 33.9 Å². The van der Waals surface area contributed by atoms with Crippen molar-refractivity contribution in [2.75, 3.05) is 6.54 Å². The molecule has 1 atom stereocenters. The molecule has 0 bridgehead atoms. The van der Waals surface area contributed by atoms with Gasteiger partial charge in [-0.1, -0.05) is 41.9 Å². The van der Waals surface area contributed by atoms with Crippen LogP contribution in [0.25, 0.3) is 0 Å².